The van der Waals surface area contributed by atoms with Crippen molar-refractivity contribution in [3.8, 4) is 0 Å². The minimum atomic E-state index is 0.641. The van der Waals surface area contributed by atoms with Crippen LogP contribution in [0.5, 0.6) is 0 Å². The van der Waals surface area contributed by atoms with Crippen molar-refractivity contribution in [1.29, 1.82) is 0 Å². The first-order valence-corrected chi connectivity index (χ1v) is 7.92. The Labute approximate surface area is 135 Å². The van der Waals surface area contributed by atoms with Crippen LogP contribution in [0.15, 0.2) is 24.7 Å². The summed E-state index contributed by atoms with van der Waals surface area (Å²) in [6, 6.07) is 0. The molecule has 0 aliphatic rings. The zero-order chi connectivity index (χ0) is 16.8. The molecule has 0 radical (unpaired) electrons. The van der Waals surface area contributed by atoms with Gasteiger partial charge < -0.3 is 19.3 Å². The van der Waals surface area contributed by atoms with Gasteiger partial charge in [0.05, 0.1) is 25.7 Å². The highest BCUT2D eigenvalue weighted by atomic mass is 16.5. The van der Waals surface area contributed by atoms with E-state index in [-0.39, 0.29) is 0 Å². The molecule has 0 aromatic carbocycles. The molecule has 0 aliphatic heterocycles. The molecule has 0 rings (SSSR count). The third kappa shape index (κ3) is 10.3. The Bertz CT molecular complexity index is 332. The standard InChI is InChI=1S/C17H32N2O3/c1-6-7-10-18(11-8-16(2)21-4)13-14-19(15-20)12-9-17(3)22-5/h15H,2-3,6-14H2,1,4-5H3. The highest BCUT2D eigenvalue weighted by Gasteiger charge is 2.09. The predicted octanol–water partition coefficient (Wildman–Crippen LogP) is 2.65. The number of hydrogen-bond acceptors (Lipinski definition) is 4. The van der Waals surface area contributed by atoms with Gasteiger partial charge in [-0.15, -0.1) is 0 Å². The van der Waals surface area contributed by atoms with Crippen molar-refractivity contribution in [3.63, 3.8) is 0 Å². The van der Waals surface area contributed by atoms with Gasteiger partial charge in [0.15, 0.2) is 0 Å². The van der Waals surface area contributed by atoms with Gasteiger partial charge in [0.2, 0.25) is 6.41 Å². The normalized spacial score (nSPS) is 10.4. The largest absolute Gasteiger partial charge is 0.502 e. The minimum absolute atomic E-state index is 0.641. The lowest BCUT2D eigenvalue weighted by molar-refractivity contribution is -0.118. The monoisotopic (exact) mass is 312 g/mol. The first-order chi connectivity index (χ1) is 10.6. The lowest BCUT2D eigenvalue weighted by Crippen LogP contribution is -2.36. The molecule has 0 fully saturated rings. The van der Waals surface area contributed by atoms with E-state index in [2.05, 4.69) is 25.0 Å². The summed E-state index contributed by atoms with van der Waals surface area (Å²) < 4.78 is 10.1. The predicted molar refractivity (Wildman–Crippen MR) is 90.5 cm³/mol. The molecule has 0 aromatic heterocycles. The first kappa shape index (κ1) is 20.5. The molecule has 128 valence electrons. The van der Waals surface area contributed by atoms with Crippen LogP contribution in [0.2, 0.25) is 0 Å². The molecular weight excluding hydrogens is 280 g/mol. The van der Waals surface area contributed by atoms with Crippen LogP contribution in [-0.4, -0.2) is 63.2 Å². The number of ether oxygens (including phenoxy) is 2. The fourth-order valence-corrected chi connectivity index (χ4v) is 1.96. The van der Waals surface area contributed by atoms with E-state index >= 15 is 0 Å². The maximum Gasteiger partial charge on any atom is 0.209 e. The molecule has 0 saturated carbocycles. The summed E-state index contributed by atoms with van der Waals surface area (Å²) in [7, 11) is 3.25. The molecule has 0 aliphatic carbocycles. The molecule has 0 unspecified atom stereocenters. The second-order valence-corrected chi connectivity index (χ2v) is 5.32. The molecule has 0 heterocycles. The van der Waals surface area contributed by atoms with Gasteiger partial charge in [0.1, 0.15) is 0 Å². The molecule has 22 heavy (non-hydrogen) atoms. The summed E-state index contributed by atoms with van der Waals surface area (Å²) in [5.74, 6) is 1.50. The number of amides is 1. The van der Waals surface area contributed by atoms with Gasteiger partial charge in [-0.05, 0) is 13.0 Å². The van der Waals surface area contributed by atoms with E-state index in [1.165, 1.54) is 0 Å². The average molecular weight is 312 g/mol. The number of hydrogen-bond donors (Lipinski definition) is 0. The van der Waals surface area contributed by atoms with Gasteiger partial charge >= 0.3 is 0 Å². The SMILES string of the molecule is C=C(CCN(C=O)CCN(CCCC)CCC(=C)OC)OC. The highest BCUT2D eigenvalue weighted by molar-refractivity contribution is 5.46. The summed E-state index contributed by atoms with van der Waals surface area (Å²) in [6.45, 7) is 14.0. The molecule has 5 nitrogen and oxygen atoms in total. The Morgan fingerprint density at radius 3 is 2.05 bits per heavy atom. The summed E-state index contributed by atoms with van der Waals surface area (Å²) in [5.41, 5.74) is 0. The topological polar surface area (TPSA) is 42.0 Å². The van der Waals surface area contributed by atoms with E-state index in [1.54, 1.807) is 19.1 Å². The van der Waals surface area contributed by atoms with E-state index in [9.17, 15) is 4.79 Å². The zero-order valence-corrected chi connectivity index (χ0v) is 14.5. The lowest BCUT2D eigenvalue weighted by atomic mass is 10.2. The van der Waals surface area contributed by atoms with E-state index in [4.69, 9.17) is 9.47 Å². The van der Waals surface area contributed by atoms with Crippen LogP contribution in [0.25, 0.3) is 0 Å². The molecular formula is C17H32N2O3. The number of methoxy groups -OCH3 is 2. The van der Waals surface area contributed by atoms with Gasteiger partial charge in [-0.3, -0.25) is 4.79 Å². The summed E-state index contributed by atoms with van der Waals surface area (Å²) in [5, 5.41) is 0. The molecule has 0 saturated heterocycles. The van der Waals surface area contributed by atoms with Gasteiger partial charge in [-0.1, -0.05) is 26.5 Å². The molecule has 0 spiro atoms. The van der Waals surface area contributed by atoms with Crippen LogP contribution >= 0.6 is 0 Å². The smallest absolute Gasteiger partial charge is 0.209 e. The van der Waals surface area contributed by atoms with E-state index < -0.39 is 0 Å². The number of rotatable bonds is 15. The average Bonchev–Trinajstić information content (AvgIpc) is 2.55. The van der Waals surface area contributed by atoms with Crippen molar-refractivity contribution >= 4 is 6.41 Å². The van der Waals surface area contributed by atoms with Crippen molar-refractivity contribution in [2.24, 2.45) is 0 Å². The van der Waals surface area contributed by atoms with Gasteiger partial charge in [-0.2, -0.15) is 0 Å². The van der Waals surface area contributed by atoms with Crippen molar-refractivity contribution in [2.45, 2.75) is 32.6 Å². The van der Waals surface area contributed by atoms with E-state index in [0.29, 0.717) is 25.3 Å². The lowest BCUT2D eigenvalue weighted by Gasteiger charge is -2.26. The van der Waals surface area contributed by atoms with E-state index in [0.717, 1.165) is 51.1 Å². The van der Waals surface area contributed by atoms with E-state index in [1.807, 2.05) is 0 Å². The fourth-order valence-electron chi connectivity index (χ4n) is 1.96. The number of carbonyl (C=O) groups excluding carboxylic acids is 1. The second-order valence-electron chi connectivity index (χ2n) is 5.32. The molecule has 0 bridgehead atoms. The maximum absolute atomic E-state index is 11.1. The van der Waals surface area contributed by atoms with Crippen molar-refractivity contribution < 1.29 is 14.3 Å². The van der Waals surface area contributed by atoms with Gasteiger partial charge in [-0.25, -0.2) is 0 Å². The van der Waals surface area contributed by atoms with Crippen LogP contribution in [0.1, 0.15) is 32.6 Å². The Morgan fingerprint density at radius 1 is 0.955 bits per heavy atom. The quantitative estimate of drug-likeness (QED) is 0.344. The molecule has 0 N–H and O–H groups in total. The van der Waals surface area contributed by atoms with Crippen LogP contribution < -0.4 is 0 Å². The Hall–Kier alpha value is -1.49. The van der Waals surface area contributed by atoms with Crippen LogP contribution in [0.3, 0.4) is 0 Å². The van der Waals surface area contributed by atoms with Gasteiger partial charge in [0, 0.05) is 39.0 Å². The Balaban J connectivity index is 4.22. The third-order valence-corrected chi connectivity index (χ3v) is 3.64. The number of nitrogens with zero attached hydrogens (tertiary/aromatic N) is 2. The highest BCUT2D eigenvalue weighted by Crippen LogP contribution is 2.05. The third-order valence-electron chi connectivity index (χ3n) is 3.64. The van der Waals surface area contributed by atoms with Crippen molar-refractivity contribution in [1.82, 2.24) is 9.80 Å². The summed E-state index contributed by atoms with van der Waals surface area (Å²) in [4.78, 5) is 15.3. The summed E-state index contributed by atoms with van der Waals surface area (Å²) >= 11 is 0. The second kappa shape index (κ2) is 13.2. The summed E-state index contributed by atoms with van der Waals surface area (Å²) in [6.07, 6.45) is 4.70. The molecule has 0 aromatic rings. The molecule has 0 atom stereocenters. The Morgan fingerprint density at radius 2 is 1.55 bits per heavy atom. The van der Waals surface area contributed by atoms with Crippen LogP contribution in [0, 0.1) is 0 Å². The minimum Gasteiger partial charge on any atom is -0.502 e. The van der Waals surface area contributed by atoms with Crippen LogP contribution in [0.4, 0.5) is 0 Å². The zero-order valence-electron chi connectivity index (χ0n) is 14.5. The van der Waals surface area contributed by atoms with Crippen molar-refractivity contribution in [2.75, 3.05) is 46.9 Å². The molecule has 1 amide bonds. The number of unbranched alkanes of at least 4 members (excludes halogenated alkanes) is 1. The number of carbonyl (C=O) groups is 1. The van der Waals surface area contributed by atoms with Crippen molar-refractivity contribution in [3.05, 3.63) is 24.7 Å². The van der Waals surface area contributed by atoms with Crippen LogP contribution in [-0.2, 0) is 14.3 Å². The first-order valence-electron chi connectivity index (χ1n) is 7.92. The Kier molecular flexibility index (Phi) is 12.3. The fraction of sp³-hybridized carbons (Fsp3) is 0.706. The maximum atomic E-state index is 11.1. The van der Waals surface area contributed by atoms with Gasteiger partial charge in [0.25, 0.3) is 0 Å². The molecule has 5 heteroatoms.